The maximum atomic E-state index is 11.6. The van der Waals surface area contributed by atoms with E-state index in [0.717, 1.165) is 25.9 Å². The summed E-state index contributed by atoms with van der Waals surface area (Å²) in [6.45, 7) is 1.87. The van der Waals surface area contributed by atoms with Crippen molar-refractivity contribution in [1.29, 1.82) is 0 Å². The third-order valence-electron chi connectivity index (χ3n) is 3.59. The molecule has 0 aliphatic carbocycles. The molecule has 1 aromatic heterocycles. The summed E-state index contributed by atoms with van der Waals surface area (Å²) in [7, 11) is 1.33. The Hall–Kier alpha value is -2.41. The Labute approximate surface area is 138 Å². The highest BCUT2D eigenvalue weighted by Gasteiger charge is 2.16. The molecule has 0 unspecified atom stereocenters. The highest BCUT2D eigenvalue weighted by Crippen LogP contribution is 2.26. The van der Waals surface area contributed by atoms with Gasteiger partial charge in [0.15, 0.2) is 5.82 Å². The minimum Gasteiger partial charge on any atom is -0.465 e. The second kappa shape index (κ2) is 6.78. The fourth-order valence-corrected chi connectivity index (χ4v) is 2.57. The molecule has 0 radical (unpaired) electrons. The third kappa shape index (κ3) is 3.50. The van der Waals surface area contributed by atoms with E-state index in [9.17, 15) is 4.79 Å². The van der Waals surface area contributed by atoms with Gasteiger partial charge in [0.1, 0.15) is 0 Å². The minimum atomic E-state index is -0.428. The van der Waals surface area contributed by atoms with Gasteiger partial charge in [-0.15, -0.1) is 5.10 Å². The molecule has 3 rings (SSSR count). The molecule has 1 aliphatic rings. The van der Waals surface area contributed by atoms with Crippen molar-refractivity contribution in [3.63, 3.8) is 0 Å². The molecule has 1 aliphatic heterocycles. The molecule has 23 heavy (non-hydrogen) atoms. The molecular formula is C15H16ClN5O2. The molecule has 0 bridgehead atoms. The normalized spacial score (nSPS) is 13.9. The first-order valence-electron chi connectivity index (χ1n) is 7.27. The summed E-state index contributed by atoms with van der Waals surface area (Å²) in [5, 5.41) is 11.6. The number of carbonyl (C=O) groups is 1. The van der Waals surface area contributed by atoms with Crippen molar-refractivity contribution in [2.45, 2.75) is 12.8 Å². The van der Waals surface area contributed by atoms with Gasteiger partial charge in [0.2, 0.25) is 5.95 Å². The molecule has 1 N–H and O–H groups in total. The second-order valence-electron chi connectivity index (χ2n) is 5.15. The van der Waals surface area contributed by atoms with Gasteiger partial charge in [0.25, 0.3) is 0 Å². The van der Waals surface area contributed by atoms with Crippen molar-refractivity contribution >= 4 is 35.0 Å². The van der Waals surface area contributed by atoms with Crippen LogP contribution in [0.25, 0.3) is 0 Å². The van der Waals surface area contributed by atoms with Crippen molar-refractivity contribution in [3.8, 4) is 0 Å². The zero-order valence-electron chi connectivity index (χ0n) is 12.6. The lowest BCUT2D eigenvalue weighted by Gasteiger charge is -2.15. The fourth-order valence-electron chi connectivity index (χ4n) is 2.41. The van der Waals surface area contributed by atoms with Gasteiger partial charge in [0, 0.05) is 13.1 Å². The molecule has 2 heterocycles. The van der Waals surface area contributed by atoms with Crippen LogP contribution in [0.3, 0.4) is 0 Å². The van der Waals surface area contributed by atoms with E-state index in [1.165, 1.54) is 13.3 Å². The van der Waals surface area contributed by atoms with Crippen LogP contribution < -0.4 is 10.2 Å². The lowest BCUT2D eigenvalue weighted by Crippen LogP contribution is -2.21. The van der Waals surface area contributed by atoms with Crippen molar-refractivity contribution in [3.05, 3.63) is 35.0 Å². The number of nitrogens with one attached hydrogen (secondary N) is 1. The first-order valence-corrected chi connectivity index (χ1v) is 7.65. The Bertz CT molecular complexity index is 719. The Balaban J connectivity index is 1.84. The fraction of sp³-hybridized carbons (Fsp3) is 0.333. The van der Waals surface area contributed by atoms with Crippen molar-refractivity contribution < 1.29 is 9.53 Å². The molecule has 0 spiro atoms. The monoisotopic (exact) mass is 333 g/mol. The van der Waals surface area contributed by atoms with Gasteiger partial charge in [-0.3, -0.25) is 0 Å². The number of rotatable bonds is 4. The van der Waals surface area contributed by atoms with Crippen LogP contribution in [0.2, 0.25) is 5.02 Å². The number of nitrogens with zero attached hydrogens (tertiary/aromatic N) is 4. The lowest BCUT2D eigenvalue weighted by molar-refractivity contribution is 0.0601. The van der Waals surface area contributed by atoms with Crippen molar-refractivity contribution in [2.24, 2.45) is 0 Å². The van der Waals surface area contributed by atoms with Gasteiger partial charge < -0.3 is 15.0 Å². The van der Waals surface area contributed by atoms with E-state index in [1.54, 1.807) is 18.2 Å². The number of hydrogen-bond acceptors (Lipinski definition) is 7. The largest absolute Gasteiger partial charge is 0.465 e. The highest BCUT2D eigenvalue weighted by molar-refractivity contribution is 6.33. The second-order valence-corrected chi connectivity index (χ2v) is 5.55. The summed E-state index contributed by atoms with van der Waals surface area (Å²) in [6.07, 6.45) is 3.78. The van der Waals surface area contributed by atoms with Gasteiger partial charge in [-0.1, -0.05) is 11.6 Å². The summed E-state index contributed by atoms with van der Waals surface area (Å²) in [4.78, 5) is 18.2. The molecule has 8 heteroatoms. The first kappa shape index (κ1) is 15.5. The van der Waals surface area contributed by atoms with Gasteiger partial charge in [-0.05, 0) is 31.0 Å². The van der Waals surface area contributed by atoms with E-state index in [-0.39, 0.29) is 0 Å². The molecule has 120 valence electrons. The molecule has 1 fully saturated rings. The summed E-state index contributed by atoms with van der Waals surface area (Å²) in [5.41, 5.74) is 0.962. The minimum absolute atomic E-state index is 0.404. The summed E-state index contributed by atoms with van der Waals surface area (Å²) >= 11 is 6.17. The SMILES string of the molecule is COC(=O)c1ccc(Cl)c(Nc2cnnc(N3CCCC3)n2)c1. The van der Waals surface area contributed by atoms with Crippen LogP contribution in [-0.2, 0) is 4.74 Å². The first-order chi connectivity index (χ1) is 11.2. The molecule has 0 saturated carbocycles. The Morgan fingerprint density at radius 2 is 2.13 bits per heavy atom. The maximum absolute atomic E-state index is 11.6. The van der Waals surface area contributed by atoms with Gasteiger partial charge in [0.05, 0.1) is 29.6 Å². The van der Waals surface area contributed by atoms with Crippen LogP contribution in [0.15, 0.2) is 24.4 Å². The number of aromatic nitrogens is 3. The highest BCUT2D eigenvalue weighted by atomic mass is 35.5. The van der Waals surface area contributed by atoms with Crippen LogP contribution in [0.1, 0.15) is 23.2 Å². The zero-order chi connectivity index (χ0) is 16.2. The van der Waals surface area contributed by atoms with Crippen LogP contribution in [0.4, 0.5) is 17.5 Å². The molecule has 7 nitrogen and oxygen atoms in total. The molecule has 1 saturated heterocycles. The topological polar surface area (TPSA) is 80.2 Å². The standard InChI is InChI=1S/C15H16ClN5O2/c1-23-14(22)10-4-5-11(16)12(8-10)18-13-9-17-20-15(19-13)21-6-2-3-7-21/h4-5,8-9H,2-3,6-7H2,1H3,(H,18,19,20). The number of hydrogen-bond donors (Lipinski definition) is 1. The number of ether oxygens (including phenoxy) is 1. The van der Waals surface area contributed by atoms with Gasteiger partial charge in [-0.25, -0.2) is 4.79 Å². The predicted molar refractivity (Wildman–Crippen MR) is 87.3 cm³/mol. The maximum Gasteiger partial charge on any atom is 0.337 e. The van der Waals surface area contributed by atoms with E-state index in [1.807, 2.05) is 0 Å². The number of anilines is 3. The lowest BCUT2D eigenvalue weighted by atomic mass is 10.2. The average molecular weight is 334 g/mol. The van der Waals surface area contributed by atoms with Crippen LogP contribution >= 0.6 is 11.6 Å². The summed E-state index contributed by atoms with van der Waals surface area (Å²) in [6, 6.07) is 4.85. The molecule has 1 aromatic carbocycles. The van der Waals surface area contributed by atoms with Crippen molar-refractivity contribution in [2.75, 3.05) is 30.4 Å². The number of halogens is 1. The molecule has 2 aromatic rings. The average Bonchev–Trinajstić information content (AvgIpc) is 3.11. The van der Waals surface area contributed by atoms with E-state index >= 15 is 0 Å². The van der Waals surface area contributed by atoms with Crippen LogP contribution in [0, 0.1) is 0 Å². The Morgan fingerprint density at radius 3 is 2.87 bits per heavy atom. The molecule has 0 amide bonds. The van der Waals surface area contributed by atoms with Crippen molar-refractivity contribution in [1.82, 2.24) is 15.2 Å². The van der Waals surface area contributed by atoms with E-state index in [2.05, 4.69) is 25.4 Å². The van der Waals surface area contributed by atoms with Crippen LogP contribution in [-0.4, -0.2) is 41.3 Å². The summed E-state index contributed by atoms with van der Waals surface area (Å²) < 4.78 is 4.71. The Morgan fingerprint density at radius 1 is 1.35 bits per heavy atom. The number of carbonyl (C=O) groups excluding carboxylic acids is 1. The number of benzene rings is 1. The van der Waals surface area contributed by atoms with Gasteiger partial charge in [-0.2, -0.15) is 10.1 Å². The predicted octanol–water partition coefficient (Wildman–Crippen LogP) is 2.66. The number of methoxy groups -OCH3 is 1. The summed E-state index contributed by atoms with van der Waals surface area (Å²) in [5.74, 6) is 0.682. The van der Waals surface area contributed by atoms with Crippen LogP contribution in [0.5, 0.6) is 0 Å². The number of esters is 1. The van der Waals surface area contributed by atoms with E-state index in [0.29, 0.717) is 28.0 Å². The Kier molecular flexibility index (Phi) is 4.57. The van der Waals surface area contributed by atoms with Gasteiger partial charge >= 0.3 is 5.97 Å². The smallest absolute Gasteiger partial charge is 0.337 e. The third-order valence-corrected chi connectivity index (χ3v) is 3.92. The molecular weight excluding hydrogens is 318 g/mol. The van der Waals surface area contributed by atoms with E-state index in [4.69, 9.17) is 16.3 Å². The van der Waals surface area contributed by atoms with E-state index < -0.39 is 5.97 Å². The molecule has 0 atom stereocenters. The zero-order valence-corrected chi connectivity index (χ0v) is 13.4. The quantitative estimate of drug-likeness (QED) is 0.861.